The normalized spacial score (nSPS) is 15.1. The van der Waals surface area contributed by atoms with Crippen LogP contribution in [0.5, 0.6) is 0 Å². The summed E-state index contributed by atoms with van der Waals surface area (Å²) in [6.07, 6.45) is 6.36. The molecule has 1 nitrogen and oxygen atoms in total. The lowest BCUT2D eigenvalue weighted by atomic mass is 10.1. The molecule has 0 radical (unpaired) electrons. The molecule has 1 saturated carbocycles. The highest BCUT2D eigenvalue weighted by Crippen LogP contribution is 2.32. The Hall–Kier alpha value is -0.690. The Morgan fingerprint density at radius 1 is 1.31 bits per heavy atom. The molecule has 0 amide bonds. The van der Waals surface area contributed by atoms with Crippen LogP contribution in [-0.2, 0) is 6.42 Å². The first-order valence-corrected chi connectivity index (χ1v) is 6.81. The number of rotatable bonds is 7. The molecule has 0 heterocycles. The number of halogens is 1. The molecule has 2 heteroatoms. The zero-order chi connectivity index (χ0) is 11.2. The van der Waals surface area contributed by atoms with Crippen LogP contribution in [0.25, 0.3) is 0 Å². The number of anilines is 1. The molecule has 0 bridgehead atoms. The zero-order valence-electron chi connectivity index (χ0n) is 9.71. The maximum atomic E-state index is 5.70. The van der Waals surface area contributed by atoms with Crippen molar-refractivity contribution in [3.8, 4) is 0 Å². The first-order chi connectivity index (χ1) is 7.88. The van der Waals surface area contributed by atoms with Gasteiger partial charge in [0.1, 0.15) is 0 Å². The van der Waals surface area contributed by atoms with Crippen molar-refractivity contribution in [2.45, 2.75) is 32.1 Å². The molecule has 0 aromatic heterocycles. The summed E-state index contributed by atoms with van der Waals surface area (Å²) in [6.45, 7) is 1.11. The first-order valence-electron chi connectivity index (χ1n) is 6.27. The highest BCUT2D eigenvalue weighted by Gasteiger charge is 2.19. The number of hydrogen-bond donors (Lipinski definition) is 1. The Bertz CT molecular complexity index is 320. The molecule has 88 valence electrons. The van der Waals surface area contributed by atoms with Gasteiger partial charge in [-0.05, 0) is 42.9 Å². The molecule has 0 atom stereocenters. The fourth-order valence-corrected chi connectivity index (χ4v) is 2.07. The molecule has 1 fully saturated rings. The zero-order valence-corrected chi connectivity index (χ0v) is 10.5. The Morgan fingerprint density at radius 3 is 2.94 bits per heavy atom. The van der Waals surface area contributed by atoms with Crippen LogP contribution in [-0.4, -0.2) is 12.4 Å². The van der Waals surface area contributed by atoms with Gasteiger partial charge in [-0.3, -0.25) is 0 Å². The number of benzene rings is 1. The highest BCUT2D eigenvalue weighted by molar-refractivity contribution is 6.17. The van der Waals surface area contributed by atoms with Gasteiger partial charge >= 0.3 is 0 Å². The third-order valence-electron chi connectivity index (χ3n) is 3.10. The summed E-state index contributed by atoms with van der Waals surface area (Å²) in [5.74, 6) is 1.76. The van der Waals surface area contributed by atoms with Gasteiger partial charge in [-0.15, -0.1) is 11.6 Å². The van der Waals surface area contributed by atoms with Crippen LogP contribution in [0.4, 0.5) is 5.69 Å². The lowest BCUT2D eigenvalue weighted by Crippen LogP contribution is -2.02. The van der Waals surface area contributed by atoms with Gasteiger partial charge in [0.25, 0.3) is 0 Å². The Kier molecular flexibility index (Phi) is 4.53. The third-order valence-corrected chi connectivity index (χ3v) is 3.37. The van der Waals surface area contributed by atoms with Crippen LogP contribution < -0.4 is 5.32 Å². The number of alkyl halides is 1. The van der Waals surface area contributed by atoms with E-state index in [0.29, 0.717) is 0 Å². The van der Waals surface area contributed by atoms with Crippen molar-refractivity contribution in [1.82, 2.24) is 0 Å². The molecule has 2 rings (SSSR count). The van der Waals surface area contributed by atoms with E-state index in [4.69, 9.17) is 11.6 Å². The Labute approximate surface area is 103 Å². The molecule has 0 spiro atoms. The molecule has 1 aliphatic carbocycles. The molecule has 0 aliphatic heterocycles. The van der Waals surface area contributed by atoms with Gasteiger partial charge in [0.05, 0.1) is 0 Å². The standard InChI is InChI=1S/C14H20ClN/c15-9-2-4-13-3-1-5-14(11-13)16-10-8-12-6-7-12/h1,3,5,11-12,16H,2,4,6-10H2. The van der Waals surface area contributed by atoms with E-state index in [2.05, 4.69) is 29.6 Å². The summed E-state index contributed by atoms with van der Waals surface area (Å²) < 4.78 is 0. The van der Waals surface area contributed by atoms with Gasteiger partial charge in [0, 0.05) is 18.1 Å². The second kappa shape index (κ2) is 6.15. The Morgan fingerprint density at radius 2 is 2.19 bits per heavy atom. The number of nitrogens with one attached hydrogen (secondary N) is 1. The fourth-order valence-electron chi connectivity index (χ4n) is 1.93. The van der Waals surface area contributed by atoms with Crippen LogP contribution in [0.2, 0.25) is 0 Å². The fraction of sp³-hybridized carbons (Fsp3) is 0.571. The molecular formula is C14H20ClN. The van der Waals surface area contributed by atoms with Crippen LogP contribution in [0.1, 0.15) is 31.2 Å². The van der Waals surface area contributed by atoms with Gasteiger partial charge in [-0.2, -0.15) is 0 Å². The van der Waals surface area contributed by atoms with Gasteiger partial charge in [0.15, 0.2) is 0 Å². The molecule has 1 aromatic carbocycles. The SMILES string of the molecule is ClCCCc1cccc(NCCC2CC2)c1. The third kappa shape index (κ3) is 4.05. The first kappa shape index (κ1) is 11.8. The van der Waals surface area contributed by atoms with E-state index >= 15 is 0 Å². The molecule has 1 aromatic rings. The minimum absolute atomic E-state index is 0.749. The van der Waals surface area contributed by atoms with Crippen molar-refractivity contribution < 1.29 is 0 Å². The summed E-state index contributed by atoms with van der Waals surface area (Å²) in [5.41, 5.74) is 2.64. The van der Waals surface area contributed by atoms with Crippen molar-refractivity contribution in [3.63, 3.8) is 0 Å². The molecule has 1 aliphatic rings. The Balaban J connectivity index is 1.77. The van der Waals surface area contributed by atoms with Crippen LogP contribution in [0.3, 0.4) is 0 Å². The quantitative estimate of drug-likeness (QED) is 0.705. The van der Waals surface area contributed by atoms with E-state index < -0.39 is 0 Å². The monoisotopic (exact) mass is 237 g/mol. The average Bonchev–Trinajstić information content (AvgIpc) is 3.11. The van der Waals surface area contributed by atoms with Crippen molar-refractivity contribution in [2.75, 3.05) is 17.7 Å². The lowest BCUT2D eigenvalue weighted by Gasteiger charge is -2.07. The van der Waals surface area contributed by atoms with Gasteiger partial charge in [-0.1, -0.05) is 25.0 Å². The van der Waals surface area contributed by atoms with E-state index in [9.17, 15) is 0 Å². The summed E-state index contributed by atoms with van der Waals surface area (Å²) in [6, 6.07) is 8.71. The lowest BCUT2D eigenvalue weighted by molar-refractivity contribution is 0.760. The maximum Gasteiger partial charge on any atom is 0.0342 e. The second-order valence-electron chi connectivity index (χ2n) is 4.65. The van der Waals surface area contributed by atoms with Gasteiger partial charge in [0.2, 0.25) is 0 Å². The maximum absolute atomic E-state index is 5.70. The largest absolute Gasteiger partial charge is 0.385 e. The highest BCUT2D eigenvalue weighted by atomic mass is 35.5. The van der Waals surface area contributed by atoms with Crippen LogP contribution in [0, 0.1) is 5.92 Å². The molecular weight excluding hydrogens is 218 g/mol. The van der Waals surface area contributed by atoms with E-state index in [1.54, 1.807) is 0 Å². The van der Waals surface area contributed by atoms with E-state index in [0.717, 1.165) is 31.2 Å². The summed E-state index contributed by atoms with van der Waals surface area (Å²) in [4.78, 5) is 0. The molecule has 0 saturated heterocycles. The van der Waals surface area contributed by atoms with E-state index in [1.807, 2.05) is 0 Å². The molecule has 0 unspecified atom stereocenters. The predicted molar refractivity (Wildman–Crippen MR) is 71.3 cm³/mol. The smallest absolute Gasteiger partial charge is 0.0342 e. The van der Waals surface area contributed by atoms with Crippen molar-refractivity contribution in [3.05, 3.63) is 29.8 Å². The summed E-state index contributed by atoms with van der Waals surface area (Å²) >= 11 is 5.70. The minimum atomic E-state index is 0.749. The van der Waals surface area contributed by atoms with Gasteiger partial charge in [-0.25, -0.2) is 0 Å². The van der Waals surface area contributed by atoms with Crippen LogP contribution in [0.15, 0.2) is 24.3 Å². The van der Waals surface area contributed by atoms with Crippen LogP contribution >= 0.6 is 11.6 Å². The second-order valence-corrected chi connectivity index (χ2v) is 5.03. The summed E-state index contributed by atoms with van der Waals surface area (Å²) in [7, 11) is 0. The van der Waals surface area contributed by atoms with E-state index in [1.165, 1.54) is 30.5 Å². The summed E-state index contributed by atoms with van der Waals surface area (Å²) in [5, 5.41) is 3.50. The average molecular weight is 238 g/mol. The topological polar surface area (TPSA) is 12.0 Å². The molecule has 16 heavy (non-hydrogen) atoms. The number of aryl methyl sites for hydroxylation is 1. The van der Waals surface area contributed by atoms with Crippen molar-refractivity contribution in [2.24, 2.45) is 5.92 Å². The molecule has 1 N–H and O–H groups in total. The van der Waals surface area contributed by atoms with Crippen molar-refractivity contribution in [1.29, 1.82) is 0 Å². The van der Waals surface area contributed by atoms with Gasteiger partial charge < -0.3 is 5.32 Å². The van der Waals surface area contributed by atoms with Crippen molar-refractivity contribution >= 4 is 17.3 Å². The number of hydrogen-bond acceptors (Lipinski definition) is 1. The predicted octanol–water partition coefficient (Wildman–Crippen LogP) is 4.07. The van der Waals surface area contributed by atoms with E-state index in [-0.39, 0.29) is 0 Å². The minimum Gasteiger partial charge on any atom is -0.385 e.